The lowest BCUT2D eigenvalue weighted by Gasteiger charge is -2.25. The Morgan fingerprint density at radius 1 is 1.28 bits per heavy atom. The molecule has 18 heavy (non-hydrogen) atoms. The smallest absolute Gasteiger partial charge is 0.244 e. The highest BCUT2D eigenvalue weighted by Crippen LogP contribution is 2.10. The predicted molar refractivity (Wildman–Crippen MR) is 67.9 cm³/mol. The quantitative estimate of drug-likeness (QED) is 0.565. The van der Waals surface area contributed by atoms with Gasteiger partial charge in [0.15, 0.2) is 0 Å². The SMILES string of the molecule is CC(CO)(CO)NC(=O)/C=C/c1ccc(O)cc1. The molecule has 5 heteroatoms. The van der Waals surface area contributed by atoms with Crippen molar-refractivity contribution in [2.75, 3.05) is 13.2 Å². The average molecular weight is 251 g/mol. The molecule has 0 bridgehead atoms. The van der Waals surface area contributed by atoms with Crippen molar-refractivity contribution in [2.24, 2.45) is 0 Å². The summed E-state index contributed by atoms with van der Waals surface area (Å²) in [6.07, 6.45) is 2.87. The van der Waals surface area contributed by atoms with Gasteiger partial charge in [0, 0.05) is 6.08 Å². The Morgan fingerprint density at radius 2 is 1.83 bits per heavy atom. The molecule has 0 radical (unpaired) electrons. The van der Waals surface area contributed by atoms with Gasteiger partial charge in [0.25, 0.3) is 0 Å². The molecule has 0 spiro atoms. The number of phenolic OH excluding ortho intramolecular Hbond substituents is 1. The highest BCUT2D eigenvalue weighted by molar-refractivity contribution is 5.92. The van der Waals surface area contributed by atoms with Crippen LogP contribution in [-0.2, 0) is 4.79 Å². The first-order valence-corrected chi connectivity index (χ1v) is 5.50. The van der Waals surface area contributed by atoms with Crippen LogP contribution in [0.3, 0.4) is 0 Å². The number of aromatic hydroxyl groups is 1. The van der Waals surface area contributed by atoms with Gasteiger partial charge in [0.1, 0.15) is 5.75 Å². The van der Waals surface area contributed by atoms with Gasteiger partial charge < -0.3 is 20.6 Å². The number of hydrogen-bond acceptors (Lipinski definition) is 4. The molecule has 1 aromatic rings. The standard InChI is InChI=1S/C13H17NO4/c1-13(8-15,9-16)14-12(18)7-4-10-2-5-11(17)6-3-10/h2-7,15-17H,8-9H2,1H3,(H,14,18)/b7-4+. The molecule has 98 valence electrons. The van der Waals surface area contributed by atoms with Gasteiger partial charge in [-0.15, -0.1) is 0 Å². The Bertz CT molecular complexity index is 421. The van der Waals surface area contributed by atoms with Gasteiger partial charge in [0.05, 0.1) is 18.8 Å². The summed E-state index contributed by atoms with van der Waals surface area (Å²) in [7, 11) is 0. The largest absolute Gasteiger partial charge is 0.508 e. The van der Waals surface area contributed by atoms with Crippen LogP contribution in [0, 0.1) is 0 Å². The zero-order valence-electron chi connectivity index (χ0n) is 10.1. The lowest BCUT2D eigenvalue weighted by atomic mass is 10.1. The zero-order valence-corrected chi connectivity index (χ0v) is 10.1. The van der Waals surface area contributed by atoms with Gasteiger partial charge in [-0.2, -0.15) is 0 Å². The number of aliphatic hydroxyl groups excluding tert-OH is 2. The molecule has 0 aliphatic carbocycles. The monoisotopic (exact) mass is 251 g/mol. The van der Waals surface area contributed by atoms with E-state index in [9.17, 15) is 4.79 Å². The normalized spacial score (nSPS) is 11.7. The number of rotatable bonds is 5. The molecule has 5 nitrogen and oxygen atoms in total. The average Bonchev–Trinajstić information content (AvgIpc) is 2.38. The van der Waals surface area contributed by atoms with Crippen LogP contribution in [0.15, 0.2) is 30.3 Å². The van der Waals surface area contributed by atoms with Gasteiger partial charge in [-0.3, -0.25) is 4.79 Å². The first-order valence-electron chi connectivity index (χ1n) is 5.50. The number of benzene rings is 1. The molecule has 0 heterocycles. The lowest BCUT2D eigenvalue weighted by molar-refractivity contribution is -0.119. The Labute approximate surface area is 105 Å². The molecule has 0 fully saturated rings. The van der Waals surface area contributed by atoms with Gasteiger partial charge in [-0.25, -0.2) is 0 Å². The molecule has 1 rings (SSSR count). The van der Waals surface area contributed by atoms with Crippen molar-refractivity contribution in [2.45, 2.75) is 12.5 Å². The maximum absolute atomic E-state index is 11.5. The highest BCUT2D eigenvalue weighted by Gasteiger charge is 2.23. The van der Waals surface area contributed by atoms with E-state index in [4.69, 9.17) is 15.3 Å². The highest BCUT2D eigenvalue weighted by atomic mass is 16.3. The van der Waals surface area contributed by atoms with E-state index in [1.54, 1.807) is 25.1 Å². The van der Waals surface area contributed by atoms with E-state index >= 15 is 0 Å². The number of amides is 1. The summed E-state index contributed by atoms with van der Waals surface area (Å²) >= 11 is 0. The fourth-order valence-corrected chi connectivity index (χ4v) is 1.23. The number of hydrogen-bond donors (Lipinski definition) is 4. The minimum absolute atomic E-state index is 0.157. The van der Waals surface area contributed by atoms with Crippen molar-refractivity contribution in [3.63, 3.8) is 0 Å². The Kier molecular flexibility index (Phi) is 4.88. The summed E-state index contributed by atoms with van der Waals surface area (Å²) in [5.41, 5.74) is -0.270. The van der Waals surface area contributed by atoms with Crippen molar-refractivity contribution in [1.29, 1.82) is 0 Å². The first-order chi connectivity index (χ1) is 8.49. The lowest BCUT2D eigenvalue weighted by Crippen LogP contribution is -2.51. The van der Waals surface area contributed by atoms with Gasteiger partial charge in [-0.1, -0.05) is 12.1 Å². The Balaban J connectivity index is 2.62. The molecule has 0 aliphatic rings. The summed E-state index contributed by atoms with van der Waals surface area (Å²) in [6.45, 7) is 0.851. The maximum Gasteiger partial charge on any atom is 0.244 e. The van der Waals surface area contributed by atoms with Crippen molar-refractivity contribution < 1.29 is 20.1 Å². The molecule has 0 saturated heterocycles. The summed E-state index contributed by atoms with van der Waals surface area (Å²) in [6, 6.07) is 6.36. The predicted octanol–water partition coefficient (Wildman–Crippen LogP) is 0.265. The third kappa shape index (κ3) is 4.20. The molecular weight excluding hydrogens is 234 g/mol. The van der Waals surface area contributed by atoms with Crippen LogP contribution in [0.25, 0.3) is 6.08 Å². The van der Waals surface area contributed by atoms with Crippen molar-refractivity contribution in [3.05, 3.63) is 35.9 Å². The van der Waals surface area contributed by atoms with E-state index in [0.717, 1.165) is 5.56 Å². The van der Waals surface area contributed by atoms with Crippen molar-refractivity contribution >= 4 is 12.0 Å². The van der Waals surface area contributed by atoms with Crippen LogP contribution in [0.4, 0.5) is 0 Å². The van der Waals surface area contributed by atoms with E-state index in [1.807, 2.05) is 0 Å². The van der Waals surface area contributed by atoms with E-state index in [1.165, 1.54) is 18.2 Å². The van der Waals surface area contributed by atoms with Crippen molar-refractivity contribution in [1.82, 2.24) is 5.32 Å². The van der Waals surface area contributed by atoms with Gasteiger partial charge in [-0.05, 0) is 30.7 Å². The second kappa shape index (κ2) is 6.18. The topological polar surface area (TPSA) is 89.8 Å². The number of nitrogens with one attached hydrogen (secondary N) is 1. The summed E-state index contributed by atoms with van der Waals surface area (Å²) in [4.78, 5) is 11.5. The number of carbonyl (C=O) groups excluding carboxylic acids is 1. The minimum atomic E-state index is -1.03. The summed E-state index contributed by atoms with van der Waals surface area (Å²) in [5, 5.41) is 29.6. The molecule has 0 unspecified atom stereocenters. The Hall–Kier alpha value is -1.85. The number of phenols is 1. The minimum Gasteiger partial charge on any atom is -0.508 e. The number of carbonyl (C=O) groups is 1. The first kappa shape index (κ1) is 14.2. The van der Waals surface area contributed by atoms with Crippen LogP contribution in [-0.4, -0.2) is 40.0 Å². The molecule has 0 atom stereocenters. The maximum atomic E-state index is 11.5. The summed E-state index contributed by atoms with van der Waals surface area (Å²) < 4.78 is 0. The fraction of sp³-hybridized carbons (Fsp3) is 0.308. The summed E-state index contributed by atoms with van der Waals surface area (Å²) in [5.74, 6) is -0.251. The second-order valence-corrected chi connectivity index (χ2v) is 4.29. The van der Waals surface area contributed by atoms with E-state index in [0.29, 0.717) is 0 Å². The van der Waals surface area contributed by atoms with Gasteiger partial charge in [0.2, 0.25) is 5.91 Å². The Morgan fingerprint density at radius 3 is 2.33 bits per heavy atom. The zero-order chi connectivity index (χ0) is 13.6. The molecule has 1 aromatic carbocycles. The van der Waals surface area contributed by atoms with Gasteiger partial charge >= 0.3 is 0 Å². The molecule has 0 aliphatic heterocycles. The van der Waals surface area contributed by atoms with Crippen LogP contribution >= 0.6 is 0 Å². The molecule has 0 aromatic heterocycles. The van der Waals surface area contributed by atoms with E-state index < -0.39 is 11.4 Å². The number of aliphatic hydroxyl groups is 2. The third-order valence-corrected chi connectivity index (χ3v) is 2.44. The van der Waals surface area contributed by atoms with Crippen molar-refractivity contribution in [3.8, 4) is 5.75 Å². The van der Waals surface area contributed by atoms with E-state index in [2.05, 4.69) is 5.32 Å². The third-order valence-electron chi connectivity index (χ3n) is 2.44. The van der Waals surface area contributed by atoms with Crippen LogP contribution in [0.2, 0.25) is 0 Å². The van der Waals surface area contributed by atoms with Crippen LogP contribution < -0.4 is 5.32 Å². The second-order valence-electron chi connectivity index (χ2n) is 4.29. The molecule has 1 amide bonds. The molecule has 0 saturated carbocycles. The molecular formula is C13H17NO4. The van der Waals surface area contributed by atoms with Crippen LogP contribution in [0.1, 0.15) is 12.5 Å². The fourth-order valence-electron chi connectivity index (χ4n) is 1.23. The van der Waals surface area contributed by atoms with Crippen LogP contribution in [0.5, 0.6) is 5.75 Å². The van der Waals surface area contributed by atoms with E-state index in [-0.39, 0.29) is 19.0 Å². The molecule has 4 N–H and O–H groups in total.